The minimum Gasteiger partial charge on any atom is -0.325 e. The molecule has 0 spiro atoms. The molecule has 3 rings (SSSR count). The van der Waals surface area contributed by atoms with Crippen molar-refractivity contribution in [1.29, 1.82) is 0 Å². The Morgan fingerprint density at radius 2 is 1.84 bits per heavy atom. The van der Waals surface area contributed by atoms with Crippen molar-refractivity contribution in [3.8, 4) is 0 Å². The molecular weight excluding hydrogens is 359 g/mol. The molecule has 6 heteroatoms. The normalized spacial score (nSPS) is 17.8. The van der Waals surface area contributed by atoms with Crippen LogP contribution >= 0.6 is 23.2 Å². The highest BCUT2D eigenvalue weighted by Crippen LogP contribution is 2.26. The number of benzene rings is 2. The molecule has 1 aliphatic heterocycles. The fourth-order valence-electron chi connectivity index (χ4n) is 3.00. The van der Waals surface area contributed by atoms with E-state index in [4.69, 9.17) is 23.2 Å². The lowest BCUT2D eigenvalue weighted by molar-refractivity contribution is -0.124. The summed E-state index contributed by atoms with van der Waals surface area (Å²) in [6, 6.07) is 12.0. The van der Waals surface area contributed by atoms with E-state index in [1.54, 1.807) is 28.9 Å². The molecule has 0 aromatic heterocycles. The minimum absolute atomic E-state index is 0.0924. The van der Waals surface area contributed by atoms with E-state index in [1.807, 2.05) is 31.2 Å². The number of rotatable bonds is 2. The quantitative estimate of drug-likeness (QED) is 0.788. The molecule has 25 heavy (non-hydrogen) atoms. The second-order valence-electron chi connectivity index (χ2n) is 6.13. The minimum atomic E-state index is -0.545. The molecule has 0 bridgehead atoms. The maximum Gasteiger partial charge on any atom is 0.254 e. The molecular formula is C19H18Cl2N2O2. The molecule has 0 aliphatic carbocycles. The number of hydrogen-bond donors (Lipinski definition) is 0. The summed E-state index contributed by atoms with van der Waals surface area (Å²) in [6.07, 6.45) is 0. The van der Waals surface area contributed by atoms with Crippen LogP contribution in [0.25, 0.3) is 0 Å². The smallest absolute Gasteiger partial charge is 0.254 e. The van der Waals surface area contributed by atoms with Gasteiger partial charge < -0.3 is 9.80 Å². The van der Waals surface area contributed by atoms with Crippen LogP contribution in [0.5, 0.6) is 0 Å². The van der Waals surface area contributed by atoms with Gasteiger partial charge in [-0.05, 0) is 49.7 Å². The Balaban J connectivity index is 1.81. The van der Waals surface area contributed by atoms with Gasteiger partial charge in [-0.3, -0.25) is 9.59 Å². The number of carbonyl (C=O) groups excluding carboxylic acids is 2. The zero-order valence-corrected chi connectivity index (χ0v) is 15.5. The van der Waals surface area contributed by atoms with Crippen LogP contribution in [0, 0.1) is 6.92 Å². The van der Waals surface area contributed by atoms with E-state index in [-0.39, 0.29) is 11.8 Å². The summed E-state index contributed by atoms with van der Waals surface area (Å²) in [6.45, 7) is 4.65. The van der Waals surface area contributed by atoms with Gasteiger partial charge in [0.2, 0.25) is 5.91 Å². The summed E-state index contributed by atoms with van der Waals surface area (Å²) < 4.78 is 0. The third-order valence-corrected chi connectivity index (χ3v) is 5.14. The number of piperazine rings is 1. The zero-order chi connectivity index (χ0) is 18.1. The Bertz CT molecular complexity index is 838. The molecule has 1 aliphatic rings. The van der Waals surface area contributed by atoms with Gasteiger partial charge in [0.15, 0.2) is 0 Å². The Hall–Kier alpha value is -2.04. The van der Waals surface area contributed by atoms with Crippen LogP contribution in [0.1, 0.15) is 22.8 Å². The van der Waals surface area contributed by atoms with Gasteiger partial charge in [0, 0.05) is 24.3 Å². The predicted molar refractivity (Wildman–Crippen MR) is 100 cm³/mol. The van der Waals surface area contributed by atoms with Crippen LogP contribution in [0.4, 0.5) is 5.69 Å². The van der Waals surface area contributed by atoms with Crippen molar-refractivity contribution in [3.05, 3.63) is 63.6 Å². The van der Waals surface area contributed by atoms with Crippen LogP contribution in [0.3, 0.4) is 0 Å². The molecule has 0 radical (unpaired) electrons. The summed E-state index contributed by atoms with van der Waals surface area (Å²) in [4.78, 5) is 28.9. The number of halogens is 2. The number of anilines is 1. The van der Waals surface area contributed by atoms with Gasteiger partial charge in [0.05, 0.1) is 10.0 Å². The molecule has 0 unspecified atom stereocenters. The summed E-state index contributed by atoms with van der Waals surface area (Å²) in [7, 11) is 0. The van der Waals surface area contributed by atoms with Crippen LogP contribution < -0.4 is 4.90 Å². The highest BCUT2D eigenvalue weighted by molar-refractivity contribution is 6.42. The molecule has 1 saturated heterocycles. The maximum atomic E-state index is 12.8. The first-order valence-electron chi connectivity index (χ1n) is 8.02. The van der Waals surface area contributed by atoms with Gasteiger partial charge in [0.25, 0.3) is 5.91 Å². The first-order chi connectivity index (χ1) is 11.9. The maximum absolute atomic E-state index is 12.8. The molecule has 1 fully saturated rings. The van der Waals surface area contributed by atoms with E-state index >= 15 is 0 Å². The standard InChI is InChI=1S/C19H18Cl2N2O2/c1-12-4-3-5-15(10-12)23-9-8-22(13(2)18(23)24)19(25)14-6-7-16(20)17(21)11-14/h3-7,10-11,13H,8-9H2,1-2H3/t13-/m0/s1. The van der Waals surface area contributed by atoms with Gasteiger partial charge >= 0.3 is 0 Å². The number of aryl methyl sites for hydroxylation is 1. The molecule has 1 heterocycles. The van der Waals surface area contributed by atoms with Crippen LogP contribution in [0.15, 0.2) is 42.5 Å². The summed E-state index contributed by atoms with van der Waals surface area (Å²) >= 11 is 11.9. The van der Waals surface area contributed by atoms with Gasteiger partial charge in [0.1, 0.15) is 6.04 Å². The van der Waals surface area contributed by atoms with E-state index in [0.29, 0.717) is 28.7 Å². The Morgan fingerprint density at radius 1 is 1.08 bits per heavy atom. The number of hydrogen-bond acceptors (Lipinski definition) is 2. The van der Waals surface area contributed by atoms with Crippen LogP contribution in [0.2, 0.25) is 10.0 Å². The van der Waals surface area contributed by atoms with Gasteiger partial charge in [-0.2, -0.15) is 0 Å². The fraction of sp³-hybridized carbons (Fsp3) is 0.263. The molecule has 2 aromatic rings. The SMILES string of the molecule is Cc1cccc(N2CCN(C(=O)c3ccc(Cl)c(Cl)c3)[C@@H](C)C2=O)c1. The van der Waals surface area contributed by atoms with Crippen molar-refractivity contribution >= 4 is 40.7 Å². The third-order valence-electron chi connectivity index (χ3n) is 4.40. The van der Waals surface area contributed by atoms with Gasteiger partial charge in [-0.25, -0.2) is 0 Å². The average Bonchev–Trinajstić information content (AvgIpc) is 2.59. The molecule has 130 valence electrons. The second-order valence-corrected chi connectivity index (χ2v) is 6.95. The van der Waals surface area contributed by atoms with Crippen LogP contribution in [-0.4, -0.2) is 35.8 Å². The number of carbonyl (C=O) groups is 2. The van der Waals surface area contributed by atoms with E-state index in [2.05, 4.69) is 0 Å². The van der Waals surface area contributed by atoms with E-state index in [1.165, 1.54) is 6.07 Å². The monoisotopic (exact) mass is 376 g/mol. The van der Waals surface area contributed by atoms with Gasteiger partial charge in [-0.1, -0.05) is 35.3 Å². The molecule has 2 aromatic carbocycles. The highest BCUT2D eigenvalue weighted by Gasteiger charge is 2.35. The van der Waals surface area contributed by atoms with Crippen molar-refractivity contribution in [2.24, 2.45) is 0 Å². The lowest BCUT2D eigenvalue weighted by atomic mass is 10.1. The predicted octanol–water partition coefficient (Wildman–Crippen LogP) is 4.18. The van der Waals surface area contributed by atoms with Crippen molar-refractivity contribution < 1.29 is 9.59 Å². The Morgan fingerprint density at radius 3 is 2.52 bits per heavy atom. The second kappa shape index (κ2) is 7.06. The number of amides is 2. The molecule has 0 N–H and O–H groups in total. The lowest BCUT2D eigenvalue weighted by Gasteiger charge is -2.39. The van der Waals surface area contributed by atoms with Crippen molar-refractivity contribution in [2.45, 2.75) is 19.9 Å². The highest BCUT2D eigenvalue weighted by atomic mass is 35.5. The third kappa shape index (κ3) is 3.51. The first-order valence-corrected chi connectivity index (χ1v) is 8.78. The summed E-state index contributed by atoms with van der Waals surface area (Å²) in [5.41, 5.74) is 2.38. The van der Waals surface area contributed by atoms with Crippen molar-refractivity contribution in [2.75, 3.05) is 18.0 Å². The van der Waals surface area contributed by atoms with E-state index in [9.17, 15) is 9.59 Å². The van der Waals surface area contributed by atoms with E-state index in [0.717, 1.165) is 11.3 Å². The molecule has 0 saturated carbocycles. The number of nitrogens with zero attached hydrogens (tertiary/aromatic N) is 2. The summed E-state index contributed by atoms with van der Waals surface area (Å²) in [5.74, 6) is -0.312. The molecule has 1 atom stereocenters. The largest absolute Gasteiger partial charge is 0.325 e. The topological polar surface area (TPSA) is 40.6 Å². The van der Waals surface area contributed by atoms with Crippen molar-refractivity contribution in [3.63, 3.8) is 0 Å². The van der Waals surface area contributed by atoms with Crippen molar-refractivity contribution in [1.82, 2.24) is 4.90 Å². The van der Waals surface area contributed by atoms with Crippen LogP contribution in [-0.2, 0) is 4.79 Å². The van der Waals surface area contributed by atoms with Gasteiger partial charge in [-0.15, -0.1) is 0 Å². The molecule has 4 nitrogen and oxygen atoms in total. The lowest BCUT2D eigenvalue weighted by Crippen LogP contribution is -2.57. The average molecular weight is 377 g/mol. The fourth-order valence-corrected chi connectivity index (χ4v) is 3.29. The zero-order valence-electron chi connectivity index (χ0n) is 14.0. The Kier molecular flexibility index (Phi) is 5.02. The molecule has 2 amide bonds. The first kappa shape index (κ1) is 17.8. The summed E-state index contributed by atoms with van der Waals surface area (Å²) in [5, 5.41) is 0.719. The van der Waals surface area contributed by atoms with E-state index < -0.39 is 6.04 Å². The Labute approximate surface area is 156 Å².